The minimum absolute atomic E-state index is 0.0956. The molecule has 0 saturated heterocycles. The van der Waals surface area contributed by atoms with E-state index in [-0.39, 0.29) is 29.7 Å². The highest BCUT2D eigenvalue weighted by atomic mass is 35.5. The van der Waals surface area contributed by atoms with Gasteiger partial charge in [-0.3, -0.25) is 9.59 Å². The van der Waals surface area contributed by atoms with Crippen molar-refractivity contribution >= 4 is 29.2 Å². The van der Waals surface area contributed by atoms with Crippen LogP contribution in [-0.2, 0) is 10.2 Å². The molecule has 186 valence electrons. The molecule has 2 aromatic carbocycles. The summed E-state index contributed by atoms with van der Waals surface area (Å²) in [6.07, 6.45) is 0. The van der Waals surface area contributed by atoms with Crippen LogP contribution in [-0.4, -0.2) is 46.7 Å². The normalized spacial score (nSPS) is 11.4. The minimum atomic E-state index is -0.318. The molecular formula is C27H33ClN4O3. The summed E-state index contributed by atoms with van der Waals surface area (Å²) in [6, 6.07) is 16.0. The third kappa shape index (κ3) is 6.63. The molecule has 0 saturated carbocycles. The number of hydrogen-bond donors (Lipinski definition) is 1. The number of anilines is 1. The van der Waals surface area contributed by atoms with Crippen molar-refractivity contribution in [1.29, 1.82) is 0 Å². The summed E-state index contributed by atoms with van der Waals surface area (Å²) in [7, 11) is 1.57. The van der Waals surface area contributed by atoms with Gasteiger partial charge in [-0.1, -0.05) is 58.4 Å². The molecule has 2 amide bonds. The van der Waals surface area contributed by atoms with Crippen molar-refractivity contribution in [2.24, 2.45) is 5.92 Å². The minimum Gasteiger partial charge on any atom is -0.497 e. The van der Waals surface area contributed by atoms with Crippen LogP contribution in [0.15, 0.2) is 54.6 Å². The van der Waals surface area contributed by atoms with Gasteiger partial charge in [-0.15, -0.1) is 0 Å². The van der Waals surface area contributed by atoms with E-state index in [9.17, 15) is 9.59 Å². The topological polar surface area (TPSA) is 76.5 Å². The van der Waals surface area contributed by atoms with Crippen molar-refractivity contribution in [3.05, 3.63) is 70.9 Å². The van der Waals surface area contributed by atoms with E-state index in [4.69, 9.17) is 21.4 Å². The maximum absolute atomic E-state index is 13.2. The number of para-hydroxylation sites is 1. The molecule has 7 nitrogen and oxygen atoms in total. The monoisotopic (exact) mass is 496 g/mol. The number of ether oxygens (including phenoxy) is 1. The molecule has 35 heavy (non-hydrogen) atoms. The first-order chi connectivity index (χ1) is 16.5. The number of carbonyl (C=O) groups excluding carboxylic acids is 2. The van der Waals surface area contributed by atoms with Crippen LogP contribution in [0.25, 0.3) is 5.69 Å². The summed E-state index contributed by atoms with van der Waals surface area (Å²) in [5.41, 5.74) is 1.73. The zero-order valence-corrected chi connectivity index (χ0v) is 21.9. The first-order valence-corrected chi connectivity index (χ1v) is 12.0. The highest BCUT2D eigenvalue weighted by Crippen LogP contribution is 2.29. The number of carbonyl (C=O) groups is 2. The van der Waals surface area contributed by atoms with Crippen LogP contribution < -0.4 is 10.1 Å². The number of aromatic nitrogens is 2. The SMILES string of the molecule is COc1ccc(C(=O)N(CC(=O)Nc2cc(C(C)(C)C)nn2-c2ccccc2Cl)CC(C)C)cc1. The molecule has 0 bridgehead atoms. The van der Waals surface area contributed by atoms with E-state index in [0.717, 1.165) is 5.69 Å². The molecule has 1 N–H and O–H groups in total. The van der Waals surface area contributed by atoms with Gasteiger partial charge in [0.1, 0.15) is 18.1 Å². The lowest BCUT2D eigenvalue weighted by Gasteiger charge is -2.24. The second kappa shape index (κ2) is 11.0. The van der Waals surface area contributed by atoms with Gasteiger partial charge in [0.05, 0.1) is 23.5 Å². The Kier molecular flexibility index (Phi) is 8.22. The van der Waals surface area contributed by atoms with Crippen LogP contribution in [0.4, 0.5) is 5.82 Å². The summed E-state index contributed by atoms with van der Waals surface area (Å²) in [5.74, 6) is 0.811. The van der Waals surface area contributed by atoms with Crippen LogP contribution in [0.2, 0.25) is 5.02 Å². The number of hydrogen-bond acceptors (Lipinski definition) is 4. The second-order valence-corrected chi connectivity index (χ2v) is 10.3. The molecule has 1 aromatic heterocycles. The number of amides is 2. The van der Waals surface area contributed by atoms with E-state index >= 15 is 0 Å². The first-order valence-electron chi connectivity index (χ1n) is 11.6. The number of benzene rings is 2. The van der Waals surface area contributed by atoms with Crippen LogP contribution in [0.5, 0.6) is 5.75 Å². The molecule has 0 unspecified atom stereocenters. The van der Waals surface area contributed by atoms with Gasteiger partial charge in [-0.05, 0) is 42.3 Å². The average molecular weight is 497 g/mol. The van der Waals surface area contributed by atoms with Crippen molar-refractivity contribution in [2.45, 2.75) is 40.0 Å². The number of nitrogens with zero attached hydrogens (tertiary/aromatic N) is 3. The Balaban J connectivity index is 1.87. The lowest BCUT2D eigenvalue weighted by Crippen LogP contribution is -2.40. The van der Waals surface area contributed by atoms with Crippen molar-refractivity contribution in [2.75, 3.05) is 25.5 Å². The molecule has 3 rings (SSSR count). The summed E-state index contributed by atoms with van der Waals surface area (Å²) in [4.78, 5) is 27.9. The largest absolute Gasteiger partial charge is 0.497 e. The number of halogens is 1. The Labute approximate surface area is 212 Å². The molecular weight excluding hydrogens is 464 g/mol. The molecule has 0 aliphatic heterocycles. The highest BCUT2D eigenvalue weighted by Gasteiger charge is 2.24. The lowest BCUT2D eigenvalue weighted by atomic mass is 9.92. The van der Waals surface area contributed by atoms with Crippen molar-refractivity contribution < 1.29 is 14.3 Å². The molecule has 0 aliphatic rings. The Morgan fingerprint density at radius 3 is 2.34 bits per heavy atom. The molecule has 1 heterocycles. The van der Waals surface area contributed by atoms with E-state index in [2.05, 4.69) is 26.1 Å². The van der Waals surface area contributed by atoms with Crippen LogP contribution in [0, 0.1) is 5.92 Å². The molecule has 0 radical (unpaired) electrons. The van der Waals surface area contributed by atoms with Crippen LogP contribution >= 0.6 is 11.6 Å². The number of methoxy groups -OCH3 is 1. The Morgan fingerprint density at radius 2 is 1.77 bits per heavy atom. The summed E-state index contributed by atoms with van der Waals surface area (Å²) in [5, 5.41) is 8.18. The van der Waals surface area contributed by atoms with Gasteiger partial charge in [-0.2, -0.15) is 5.10 Å². The summed E-state index contributed by atoms with van der Waals surface area (Å²) >= 11 is 6.43. The van der Waals surface area contributed by atoms with Gasteiger partial charge in [0.15, 0.2) is 0 Å². The van der Waals surface area contributed by atoms with Gasteiger partial charge >= 0.3 is 0 Å². The van der Waals surface area contributed by atoms with E-state index in [1.165, 1.54) is 0 Å². The van der Waals surface area contributed by atoms with Crippen molar-refractivity contribution in [3.63, 3.8) is 0 Å². The zero-order chi connectivity index (χ0) is 25.8. The molecule has 8 heteroatoms. The zero-order valence-electron chi connectivity index (χ0n) is 21.1. The molecule has 0 spiro atoms. The summed E-state index contributed by atoms with van der Waals surface area (Å²) in [6.45, 7) is 10.5. The number of nitrogens with one attached hydrogen (secondary N) is 1. The predicted octanol–water partition coefficient (Wildman–Crippen LogP) is 5.57. The molecule has 0 fully saturated rings. The average Bonchev–Trinajstić information content (AvgIpc) is 3.22. The van der Waals surface area contributed by atoms with Crippen LogP contribution in [0.3, 0.4) is 0 Å². The summed E-state index contributed by atoms with van der Waals surface area (Å²) < 4.78 is 6.82. The highest BCUT2D eigenvalue weighted by molar-refractivity contribution is 6.32. The Morgan fingerprint density at radius 1 is 1.11 bits per heavy atom. The molecule has 3 aromatic rings. The van der Waals surface area contributed by atoms with Gasteiger partial charge in [0.25, 0.3) is 5.91 Å². The fraction of sp³-hybridized carbons (Fsp3) is 0.370. The standard InChI is InChI=1S/C27H33ClN4O3/c1-18(2)16-31(26(34)19-11-13-20(35-6)14-12-19)17-25(33)29-24-15-23(27(3,4)5)30-32(24)22-10-8-7-9-21(22)28/h7-15,18H,16-17H2,1-6H3,(H,29,33). The smallest absolute Gasteiger partial charge is 0.254 e. The maximum Gasteiger partial charge on any atom is 0.254 e. The van der Waals surface area contributed by atoms with Crippen molar-refractivity contribution in [1.82, 2.24) is 14.7 Å². The van der Waals surface area contributed by atoms with Crippen molar-refractivity contribution in [3.8, 4) is 11.4 Å². The first kappa shape index (κ1) is 26.3. The van der Waals surface area contributed by atoms with Gasteiger partial charge < -0.3 is 15.0 Å². The van der Waals surface area contributed by atoms with Gasteiger partial charge in [-0.25, -0.2) is 4.68 Å². The Hall–Kier alpha value is -3.32. The fourth-order valence-corrected chi connectivity index (χ4v) is 3.79. The third-order valence-corrected chi connectivity index (χ3v) is 5.69. The van der Waals surface area contributed by atoms with E-state index in [1.807, 2.05) is 38.1 Å². The Bertz CT molecular complexity index is 1180. The van der Waals surface area contributed by atoms with Gasteiger partial charge in [0.2, 0.25) is 5.91 Å². The number of rotatable bonds is 8. The third-order valence-electron chi connectivity index (χ3n) is 5.37. The quantitative estimate of drug-likeness (QED) is 0.442. The predicted molar refractivity (Wildman–Crippen MR) is 140 cm³/mol. The van der Waals surface area contributed by atoms with Crippen LogP contribution in [0.1, 0.15) is 50.7 Å². The lowest BCUT2D eigenvalue weighted by molar-refractivity contribution is -0.117. The maximum atomic E-state index is 13.2. The molecule has 0 atom stereocenters. The van der Waals surface area contributed by atoms with E-state index in [1.54, 1.807) is 47.0 Å². The van der Waals surface area contributed by atoms with Gasteiger partial charge in [0, 0.05) is 23.6 Å². The molecule has 0 aliphatic carbocycles. The van der Waals surface area contributed by atoms with E-state index in [0.29, 0.717) is 34.4 Å². The van der Waals surface area contributed by atoms with E-state index < -0.39 is 0 Å². The second-order valence-electron chi connectivity index (χ2n) is 9.88. The fourth-order valence-electron chi connectivity index (χ4n) is 3.58.